The van der Waals surface area contributed by atoms with Gasteiger partial charge in [0.25, 0.3) is 0 Å². The van der Waals surface area contributed by atoms with E-state index in [1.165, 1.54) is 0 Å². The largest absolute Gasteiger partial charge is 0.436 e. The van der Waals surface area contributed by atoms with Crippen molar-refractivity contribution in [1.82, 2.24) is 4.98 Å². The molecule has 0 bridgehead atoms. The number of hydrogen-bond donors (Lipinski definition) is 0. The maximum absolute atomic E-state index is 6.16. The minimum absolute atomic E-state index is 0.616. The molecule has 6 aromatic rings. The average molecular weight is 473 g/mol. The van der Waals surface area contributed by atoms with E-state index in [0.717, 1.165) is 49.9 Å². The van der Waals surface area contributed by atoms with E-state index in [-0.39, 0.29) is 0 Å². The summed E-state index contributed by atoms with van der Waals surface area (Å²) in [4.78, 5) is 6.91. The molecule has 1 heterocycles. The van der Waals surface area contributed by atoms with Gasteiger partial charge in [0.15, 0.2) is 5.58 Å². The third-order valence-corrected chi connectivity index (χ3v) is 6.23. The number of benzene rings is 5. The molecule has 0 aliphatic heterocycles. The van der Waals surface area contributed by atoms with Crippen LogP contribution in [0.1, 0.15) is 0 Å². The summed E-state index contributed by atoms with van der Waals surface area (Å²) in [5.74, 6) is 0.616. The Labute approximate surface area is 208 Å². The Balaban J connectivity index is 1.45. The van der Waals surface area contributed by atoms with Crippen molar-refractivity contribution >= 4 is 39.8 Å². The Hall–Kier alpha value is -4.34. The summed E-state index contributed by atoms with van der Waals surface area (Å²) in [5, 5.41) is 0.723. The molecule has 1 aromatic heterocycles. The molecule has 0 amide bonds. The first-order chi connectivity index (χ1) is 17.3. The van der Waals surface area contributed by atoms with Gasteiger partial charge in [0.1, 0.15) is 5.52 Å². The van der Waals surface area contributed by atoms with Crippen LogP contribution in [0.4, 0.5) is 17.1 Å². The molecule has 35 heavy (non-hydrogen) atoms. The van der Waals surface area contributed by atoms with Gasteiger partial charge in [-0.25, -0.2) is 4.98 Å². The van der Waals surface area contributed by atoms with Crippen LogP contribution in [0.5, 0.6) is 0 Å². The van der Waals surface area contributed by atoms with E-state index < -0.39 is 0 Å². The first kappa shape index (κ1) is 21.2. The normalized spacial score (nSPS) is 11.0. The summed E-state index contributed by atoms with van der Waals surface area (Å²) >= 11 is 6.16. The number of halogens is 1. The molecule has 0 aliphatic carbocycles. The topological polar surface area (TPSA) is 29.3 Å². The van der Waals surface area contributed by atoms with E-state index in [9.17, 15) is 0 Å². The molecule has 0 saturated carbocycles. The Morgan fingerprint density at radius 1 is 0.571 bits per heavy atom. The molecule has 0 unspecified atom stereocenters. The van der Waals surface area contributed by atoms with Crippen LogP contribution in [0.3, 0.4) is 0 Å². The van der Waals surface area contributed by atoms with Gasteiger partial charge in [-0.05, 0) is 72.3 Å². The van der Waals surface area contributed by atoms with E-state index in [4.69, 9.17) is 16.0 Å². The highest BCUT2D eigenvalue weighted by molar-refractivity contribution is 6.30. The van der Waals surface area contributed by atoms with E-state index in [2.05, 4.69) is 94.8 Å². The zero-order valence-electron chi connectivity index (χ0n) is 18.8. The molecule has 0 aliphatic rings. The first-order valence-electron chi connectivity index (χ1n) is 11.4. The number of para-hydroxylation sites is 4. The summed E-state index contributed by atoms with van der Waals surface area (Å²) in [6, 6.07) is 42.9. The average Bonchev–Trinajstić information content (AvgIpc) is 3.35. The van der Waals surface area contributed by atoms with Crippen molar-refractivity contribution < 1.29 is 4.42 Å². The molecule has 5 aromatic carbocycles. The van der Waals surface area contributed by atoms with Gasteiger partial charge in [0.2, 0.25) is 5.89 Å². The molecule has 0 spiro atoms. The van der Waals surface area contributed by atoms with Gasteiger partial charge in [-0.3, -0.25) is 0 Å². The number of nitrogens with zero attached hydrogens (tertiary/aromatic N) is 2. The number of oxazole rings is 1. The van der Waals surface area contributed by atoms with Crippen LogP contribution in [-0.2, 0) is 0 Å². The van der Waals surface area contributed by atoms with Gasteiger partial charge in [-0.2, -0.15) is 0 Å². The first-order valence-corrected chi connectivity index (χ1v) is 11.8. The predicted molar refractivity (Wildman–Crippen MR) is 145 cm³/mol. The lowest BCUT2D eigenvalue weighted by atomic mass is 10.0. The lowest BCUT2D eigenvalue weighted by Gasteiger charge is -2.28. The Morgan fingerprint density at radius 3 is 1.97 bits per heavy atom. The number of rotatable bonds is 5. The summed E-state index contributed by atoms with van der Waals surface area (Å²) in [6.07, 6.45) is 0. The molecule has 4 heteroatoms. The predicted octanol–water partition coefficient (Wildman–Crippen LogP) is 9.28. The van der Waals surface area contributed by atoms with Crippen molar-refractivity contribution in [3.05, 3.63) is 132 Å². The smallest absolute Gasteiger partial charge is 0.227 e. The molecular formula is C31H21ClN2O. The van der Waals surface area contributed by atoms with Crippen molar-refractivity contribution in [1.29, 1.82) is 0 Å². The van der Waals surface area contributed by atoms with E-state index in [1.807, 2.05) is 42.5 Å². The van der Waals surface area contributed by atoms with Crippen molar-refractivity contribution in [2.75, 3.05) is 4.90 Å². The SMILES string of the molecule is Clc1ccc(-c2ccccc2N(c2ccccc2)c2ccc(-c3nc4ccccc4o3)cc2)cc1. The van der Waals surface area contributed by atoms with Crippen LogP contribution in [0.15, 0.2) is 132 Å². The fourth-order valence-corrected chi connectivity index (χ4v) is 4.42. The number of anilines is 3. The second-order valence-electron chi connectivity index (χ2n) is 8.23. The van der Waals surface area contributed by atoms with Crippen LogP contribution in [0.25, 0.3) is 33.7 Å². The van der Waals surface area contributed by atoms with Crippen LogP contribution in [0, 0.1) is 0 Å². The summed E-state index contributed by atoms with van der Waals surface area (Å²) in [5.41, 5.74) is 7.99. The third kappa shape index (κ3) is 4.18. The molecular weight excluding hydrogens is 452 g/mol. The zero-order chi connectivity index (χ0) is 23.6. The minimum Gasteiger partial charge on any atom is -0.436 e. The highest BCUT2D eigenvalue weighted by Gasteiger charge is 2.17. The lowest BCUT2D eigenvalue weighted by molar-refractivity contribution is 0.620. The molecule has 6 rings (SSSR count). The fourth-order valence-electron chi connectivity index (χ4n) is 4.30. The maximum atomic E-state index is 6.16. The van der Waals surface area contributed by atoms with Gasteiger partial charge in [0.05, 0.1) is 5.69 Å². The van der Waals surface area contributed by atoms with E-state index >= 15 is 0 Å². The van der Waals surface area contributed by atoms with Crippen molar-refractivity contribution in [2.45, 2.75) is 0 Å². The van der Waals surface area contributed by atoms with Gasteiger partial charge in [0, 0.05) is 27.5 Å². The summed E-state index contributed by atoms with van der Waals surface area (Å²) in [6.45, 7) is 0. The molecule has 0 N–H and O–H groups in total. The third-order valence-electron chi connectivity index (χ3n) is 5.98. The molecule has 3 nitrogen and oxygen atoms in total. The molecule has 168 valence electrons. The lowest BCUT2D eigenvalue weighted by Crippen LogP contribution is -2.11. The van der Waals surface area contributed by atoms with Crippen LogP contribution in [0.2, 0.25) is 5.02 Å². The minimum atomic E-state index is 0.616. The summed E-state index contributed by atoms with van der Waals surface area (Å²) in [7, 11) is 0. The van der Waals surface area contributed by atoms with Gasteiger partial charge in [-0.1, -0.05) is 72.3 Å². The fraction of sp³-hybridized carbons (Fsp3) is 0. The van der Waals surface area contributed by atoms with Gasteiger partial charge in [-0.15, -0.1) is 0 Å². The van der Waals surface area contributed by atoms with Crippen molar-refractivity contribution in [3.63, 3.8) is 0 Å². The van der Waals surface area contributed by atoms with Crippen LogP contribution in [-0.4, -0.2) is 4.98 Å². The maximum Gasteiger partial charge on any atom is 0.227 e. The highest BCUT2D eigenvalue weighted by Crippen LogP contribution is 2.41. The van der Waals surface area contributed by atoms with E-state index in [0.29, 0.717) is 5.89 Å². The van der Waals surface area contributed by atoms with E-state index in [1.54, 1.807) is 0 Å². The highest BCUT2D eigenvalue weighted by atomic mass is 35.5. The van der Waals surface area contributed by atoms with Crippen molar-refractivity contribution in [3.8, 4) is 22.6 Å². The number of fused-ring (bicyclic) bond motifs is 1. The quantitative estimate of drug-likeness (QED) is 0.250. The van der Waals surface area contributed by atoms with Crippen molar-refractivity contribution in [2.24, 2.45) is 0 Å². The molecule has 0 fully saturated rings. The number of hydrogen-bond acceptors (Lipinski definition) is 3. The Kier molecular flexibility index (Phi) is 5.53. The monoisotopic (exact) mass is 472 g/mol. The Bertz CT molecular complexity index is 1560. The van der Waals surface area contributed by atoms with Crippen LogP contribution < -0.4 is 4.90 Å². The zero-order valence-corrected chi connectivity index (χ0v) is 19.6. The standard InChI is InChI=1S/C31H21ClN2O/c32-24-18-14-22(15-19-24)27-10-4-6-12-29(27)34(25-8-2-1-3-9-25)26-20-16-23(17-21-26)31-33-28-11-5-7-13-30(28)35-31/h1-21H. The summed E-state index contributed by atoms with van der Waals surface area (Å²) < 4.78 is 5.97. The Morgan fingerprint density at radius 2 is 1.20 bits per heavy atom. The van der Waals surface area contributed by atoms with Gasteiger partial charge >= 0.3 is 0 Å². The molecule has 0 radical (unpaired) electrons. The molecule has 0 saturated heterocycles. The second kappa shape index (κ2) is 9.13. The number of aromatic nitrogens is 1. The van der Waals surface area contributed by atoms with Gasteiger partial charge < -0.3 is 9.32 Å². The molecule has 0 atom stereocenters. The van der Waals surface area contributed by atoms with Crippen LogP contribution >= 0.6 is 11.6 Å². The second-order valence-corrected chi connectivity index (χ2v) is 8.67.